The van der Waals surface area contributed by atoms with Crippen LogP contribution in [0.25, 0.3) is 10.9 Å². The van der Waals surface area contributed by atoms with E-state index in [1.165, 1.54) is 0 Å². The summed E-state index contributed by atoms with van der Waals surface area (Å²) in [5, 5.41) is 1.38. The highest BCUT2D eigenvalue weighted by Crippen LogP contribution is 2.22. The number of rotatable bonds is 5. The molecule has 2 aromatic carbocycles. The number of ether oxygens (including phenoxy) is 2. The van der Waals surface area contributed by atoms with E-state index in [1.54, 1.807) is 16.3 Å². The van der Waals surface area contributed by atoms with Gasteiger partial charge in [-0.2, -0.15) is 0 Å². The minimum atomic E-state index is -0.00477. The molecule has 1 saturated heterocycles. The van der Waals surface area contributed by atoms with Crippen LogP contribution in [0, 0.1) is 0 Å². The lowest BCUT2D eigenvalue weighted by Gasteiger charge is -2.22. The van der Waals surface area contributed by atoms with Crippen molar-refractivity contribution in [2.75, 3.05) is 19.2 Å². The maximum absolute atomic E-state index is 13.1. The summed E-state index contributed by atoms with van der Waals surface area (Å²) >= 11 is 1.57. The van der Waals surface area contributed by atoms with Gasteiger partial charge in [0.05, 0.1) is 30.2 Å². The predicted octanol–water partition coefficient (Wildman–Crippen LogP) is 3.30. The minimum Gasteiger partial charge on any atom is -0.355 e. The van der Waals surface area contributed by atoms with Crippen molar-refractivity contribution in [1.29, 1.82) is 0 Å². The first-order valence-corrected chi connectivity index (χ1v) is 9.65. The molecule has 134 valence electrons. The zero-order valence-electron chi connectivity index (χ0n) is 14.3. The topological polar surface area (TPSA) is 53.4 Å². The van der Waals surface area contributed by atoms with Crippen LogP contribution in [0.2, 0.25) is 0 Å². The first-order chi connectivity index (χ1) is 12.8. The average molecular weight is 368 g/mol. The molecule has 1 aromatic heterocycles. The van der Waals surface area contributed by atoms with Gasteiger partial charge in [-0.25, -0.2) is 4.98 Å². The van der Waals surface area contributed by atoms with Crippen LogP contribution in [0.1, 0.15) is 12.0 Å². The third-order valence-corrected chi connectivity index (χ3v) is 5.49. The van der Waals surface area contributed by atoms with Crippen LogP contribution in [0.3, 0.4) is 0 Å². The van der Waals surface area contributed by atoms with Crippen LogP contribution in [-0.4, -0.2) is 34.8 Å². The number of nitrogens with zero attached hydrogens (tertiary/aromatic N) is 2. The number of hydrogen-bond donors (Lipinski definition) is 0. The van der Waals surface area contributed by atoms with Gasteiger partial charge in [-0.15, -0.1) is 0 Å². The standard InChI is InChI=1S/C20H20N2O3S/c23-19-17-8-4-5-9-18(17)21-20(26-13-16-10-11-24-14-25-16)22(19)12-15-6-2-1-3-7-15/h1-9,16H,10-14H2/t16-/m0/s1. The molecule has 26 heavy (non-hydrogen) atoms. The molecule has 0 aliphatic carbocycles. The van der Waals surface area contributed by atoms with Gasteiger partial charge < -0.3 is 9.47 Å². The van der Waals surface area contributed by atoms with Crippen LogP contribution in [0.5, 0.6) is 0 Å². The van der Waals surface area contributed by atoms with Crippen LogP contribution in [-0.2, 0) is 16.0 Å². The molecular weight excluding hydrogens is 348 g/mol. The molecule has 5 nitrogen and oxygen atoms in total. The molecule has 0 saturated carbocycles. The number of hydrogen-bond acceptors (Lipinski definition) is 5. The lowest BCUT2D eigenvalue weighted by atomic mass is 10.2. The first-order valence-electron chi connectivity index (χ1n) is 8.67. The number of para-hydroxylation sites is 1. The molecule has 3 aromatic rings. The van der Waals surface area contributed by atoms with Gasteiger partial charge in [-0.1, -0.05) is 54.2 Å². The molecule has 6 heteroatoms. The fourth-order valence-electron chi connectivity index (χ4n) is 2.96. The van der Waals surface area contributed by atoms with Crippen molar-refractivity contribution in [3.63, 3.8) is 0 Å². The van der Waals surface area contributed by atoms with Gasteiger partial charge in [0.15, 0.2) is 5.16 Å². The number of fused-ring (bicyclic) bond motifs is 1. The summed E-state index contributed by atoms with van der Waals surface area (Å²) in [6, 6.07) is 17.5. The van der Waals surface area contributed by atoms with Gasteiger partial charge >= 0.3 is 0 Å². The quantitative estimate of drug-likeness (QED) is 0.511. The van der Waals surface area contributed by atoms with E-state index in [0.717, 1.165) is 28.4 Å². The second-order valence-corrected chi connectivity index (χ2v) is 7.19. The largest absolute Gasteiger partial charge is 0.355 e. The van der Waals surface area contributed by atoms with E-state index >= 15 is 0 Å². The number of thioether (sulfide) groups is 1. The molecule has 0 spiro atoms. The maximum atomic E-state index is 13.1. The summed E-state index contributed by atoms with van der Waals surface area (Å²) in [5.74, 6) is 0.753. The lowest BCUT2D eigenvalue weighted by molar-refractivity contribution is -0.130. The summed E-state index contributed by atoms with van der Waals surface area (Å²) < 4.78 is 12.6. The van der Waals surface area contributed by atoms with Gasteiger partial charge in [-0.3, -0.25) is 9.36 Å². The van der Waals surface area contributed by atoms with E-state index < -0.39 is 0 Å². The third kappa shape index (κ3) is 3.82. The molecule has 1 atom stereocenters. The number of benzene rings is 2. The van der Waals surface area contributed by atoms with Crippen molar-refractivity contribution in [1.82, 2.24) is 9.55 Å². The average Bonchev–Trinajstić information content (AvgIpc) is 2.70. The molecule has 0 bridgehead atoms. The predicted molar refractivity (Wildman–Crippen MR) is 103 cm³/mol. The van der Waals surface area contributed by atoms with Gasteiger partial charge in [0.25, 0.3) is 5.56 Å². The van der Waals surface area contributed by atoms with Crippen molar-refractivity contribution >= 4 is 22.7 Å². The van der Waals surface area contributed by atoms with Crippen molar-refractivity contribution < 1.29 is 9.47 Å². The zero-order chi connectivity index (χ0) is 17.8. The molecular formula is C20H20N2O3S. The van der Waals surface area contributed by atoms with Gasteiger partial charge in [0, 0.05) is 5.75 Å². The summed E-state index contributed by atoms with van der Waals surface area (Å²) in [4.78, 5) is 17.8. The highest BCUT2D eigenvalue weighted by Gasteiger charge is 2.17. The summed E-state index contributed by atoms with van der Waals surface area (Å²) in [7, 11) is 0. The SMILES string of the molecule is O=c1c2ccccc2nc(SC[C@@H]2CCOCO2)n1Cc1ccccc1. The highest BCUT2D eigenvalue weighted by molar-refractivity contribution is 7.99. The maximum Gasteiger partial charge on any atom is 0.262 e. The molecule has 1 aliphatic rings. The third-order valence-electron chi connectivity index (χ3n) is 4.38. The Kier molecular flexibility index (Phi) is 5.34. The second kappa shape index (κ2) is 8.03. The fourth-order valence-corrected chi connectivity index (χ4v) is 4.03. The molecule has 0 radical (unpaired) electrons. The van der Waals surface area contributed by atoms with E-state index in [0.29, 0.717) is 25.3 Å². The van der Waals surface area contributed by atoms with Crippen molar-refractivity contribution in [3.8, 4) is 0 Å². The van der Waals surface area contributed by atoms with E-state index in [2.05, 4.69) is 0 Å². The molecule has 1 aliphatic heterocycles. The smallest absolute Gasteiger partial charge is 0.262 e. The Labute approximate surface area is 156 Å². The second-order valence-electron chi connectivity index (χ2n) is 6.20. The van der Waals surface area contributed by atoms with E-state index in [4.69, 9.17) is 14.5 Å². The van der Waals surface area contributed by atoms with Crippen molar-refractivity contribution in [2.45, 2.75) is 24.2 Å². The Balaban J connectivity index is 1.68. The van der Waals surface area contributed by atoms with Crippen LogP contribution < -0.4 is 5.56 Å². The lowest BCUT2D eigenvalue weighted by Crippen LogP contribution is -2.27. The molecule has 0 amide bonds. The summed E-state index contributed by atoms with van der Waals surface area (Å²) in [5.41, 5.74) is 1.81. The normalized spacial score (nSPS) is 17.5. The van der Waals surface area contributed by atoms with E-state index in [9.17, 15) is 4.79 Å². The molecule has 0 unspecified atom stereocenters. The molecule has 2 heterocycles. The fraction of sp³-hybridized carbons (Fsp3) is 0.300. The van der Waals surface area contributed by atoms with Crippen LogP contribution in [0.15, 0.2) is 64.5 Å². The molecule has 1 fully saturated rings. The first kappa shape index (κ1) is 17.3. The van der Waals surface area contributed by atoms with Crippen molar-refractivity contribution in [3.05, 3.63) is 70.5 Å². The van der Waals surface area contributed by atoms with Crippen molar-refractivity contribution in [2.24, 2.45) is 0 Å². The highest BCUT2D eigenvalue weighted by atomic mass is 32.2. The Bertz CT molecular complexity index is 937. The van der Waals surface area contributed by atoms with Gasteiger partial charge in [-0.05, 0) is 24.1 Å². The molecule has 0 N–H and O–H groups in total. The van der Waals surface area contributed by atoms with Gasteiger partial charge in [0.2, 0.25) is 0 Å². The van der Waals surface area contributed by atoms with Gasteiger partial charge in [0.1, 0.15) is 6.79 Å². The van der Waals surface area contributed by atoms with Crippen LogP contribution >= 0.6 is 11.8 Å². The van der Waals surface area contributed by atoms with E-state index in [1.807, 2.05) is 54.6 Å². The zero-order valence-corrected chi connectivity index (χ0v) is 15.2. The van der Waals surface area contributed by atoms with Crippen LogP contribution in [0.4, 0.5) is 0 Å². The minimum absolute atomic E-state index is 0.00477. The van der Waals surface area contributed by atoms with E-state index in [-0.39, 0.29) is 11.7 Å². The summed E-state index contributed by atoms with van der Waals surface area (Å²) in [6.45, 7) is 1.56. The molecule has 4 rings (SSSR count). The Morgan fingerprint density at radius 3 is 2.73 bits per heavy atom. The monoisotopic (exact) mass is 368 g/mol. The number of aromatic nitrogens is 2. The Morgan fingerprint density at radius 2 is 1.92 bits per heavy atom. The summed E-state index contributed by atoms with van der Waals surface area (Å²) in [6.07, 6.45) is 0.992. The Morgan fingerprint density at radius 1 is 1.12 bits per heavy atom. The Hall–Kier alpha value is -2.15.